The van der Waals surface area contributed by atoms with Crippen LogP contribution in [-0.2, 0) is 6.42 Å². The van der Waals surface area contributed by atoms with Crippen LogP contribution in [0.1, 0.15) is 41.1 Å². The first-order valence-corrected chi connectivity index (χ1v) is 6.94. The van der Waals surface area contributed by atoms with Crippen LogP contribution in [0.3, 0.4) is 0 Å². The first-order chi connectivity index (χ1) is 9.93. The van der Waals surface area contributed by atoms with Gasteiger partial charge in [-0.05, 0) is 31.9 Å². The topological polar surface area (TPSA) is 60.4 Å². The molecule has 3 aromatic rings. The Morgan fingerprint density at radius 2 is 1.76 bits per heavy atom. The first kappa shape index (κ1) is 13.6. The van der Waals surface area contributed by atoms with E-state index < -0.39 is 0 Å². The number of aryl methyl sites for hydroxylation is 3. The molecule has 0 amide bonds. The molecular formula is C17H16O4. The molecule has 0 saturated carbocycles. The van der Waals surface area contributed by atoms with Crippen molar-refractivity contribution in [2.75, 3.05) is 0 Å². The minimum Gasteiger partial charge on any atom is -0.452 e. The van der Waals surface area contributed by atoms with Crippen LogP contribution in [0.5, 0.6) is 0 Å². The zero-order chi connectivity index (χ0) is 15.3. The highest BCUT2D eigenvalue weighted by atomic mass is 16.4. The third kappa shape index (κ3) is 1.90. The van der Waals surface area contributed by atoms with E-state index >= 15 is 0 Å². The molecule has 0 aliphatic carbocycles. The average Bonchev–Trinajstić information content (AvgIpc) is 2.79. The van der Waals surface area contributed by atoms with Gasteiger partial charge in [0, 0.05) is 34.9 Å². The smallest absolute Gasteiger partial charge is 0.336 e. The maximum Gasteiger partial charge on any atom is 0.336 e. The second kappa shape index (κ2) is 4.58. The van der Waals surface area contributed by atoms with Crippen LogP contribution in [0.4, 0.5) is 0 Å². The van der Waals surface area contributed by atoms with Gasteiger partial charge in [-0.1, -0.05) is 6.92 Å². The van der Waals surface area contributed by atoms with Gasteiger partial charge < -0.3 is 8.83 Å². The molecule has 21 heavy (non-hydrogen) atoms. The molecule has 2 aromatic heterocycles. The van der Waals surface area contributed by atoms with Gasteiger partial charge in [-0.15, -0.1) is 0 Å². The maximum atomic E-state index is 11.8. The molecule has 0 aliphatic heterocycles. The molecule has 0 atom stereocenters. The fourth-order valence-electron chi connectivity index (χ4n) is 2.87. The molecule has 2 heterocycles. The SMILES string of the molecule is CCc1c(C(C)=O)oc2c(C)c3oc(=O)cc(C)c3cc12. The summed E-state index contributed by atoms with van der Waals surface area (Å²) in [5.74, 6) is 0.301. The van der Waals surface area contributed by atoms with E-state index in [1.54, 1.807) is 0 Å². The van der Waals surface area contributed by atoms with E-state index in [4.69, 9.17) is 8.83 Å². The average molecular weight is 284 g/mol. The minimum atomic E-state index is -0.378. The number of carbonyl (C=O) groups is 1. The molecule has 0 spiro atoms. The zero-order valence-corrected chi connectivity index (χ0v) is 12.5. The van der Waals surface area contributed by atoms with Gasteiger partial charge in [-0.3, -0.25) is 4.79 Å². The lowest BCUT2D eigenvalue weighted by Gasteiger charge is -2.04. The molecule has 3 rings (SSSR count). The molecule has 0 fully saturated rings. The Morgan fingerprint density at radius 3 is 2.38 bits per heavy atom. The van der Waals surface area contributed by atoms with E-state index in [2.05, 4.69) is 0 Å². The van der Waals surface area contributed by atoms with Crippen LogP contribution in [0.25, 0.3) is 21.9 Å². The van der Waals surface area contributed by atoms with Gasteiger partial charge in [0.05, 0.1) is 0 Å². The number of Topliss-reactive ketones (excluding diaryl/α,β-unsaturated/α-hetero) is 1. The van der Waals surface area contributed by atoms with Crippen molar-refractivity contribution >= 4 is 27.7 Å². The van der Waals surface area contributed by atoms with Crippen molar-refractivity contribution in [2.45, 2.75) is 34.1 Å². The van der Waals surface area contributed by atoms with Gasteiger partial charge in [0.1, 0.15) is 11.2 Å². The van der Waals surface area contributed by atoms with Crippen LogP contribution < -0.4 is 5.63 Å². The molecule has 0 unspecified atom stereocenters. The number of carbonyl (C=O) groups excluding carboxylic acids is 1. The Hall–Kier alpha value is -2.36. The fraction of sp³-hybridized carbons (Fsp3) is 0.294. The lowest BCUT2D eigenvalue weighted by atomic mass is 10.0. The van der Waals surface area contributed by atoms with Crippen LogP contribution in [0, 0.1) is 13.8 Å². The molecule has 4 heteroatoms. The predicted molar refractivity (Wildman–Crippen MR) is 81.1 cm³/mol. The van der Waals surface area contributed by atoms with E-state index in [0.29, 0.717) is 23.3 Å². The summed E-state index contributed by atoms with van der Waals surface area (Å²) < 4.78 is 11.1. The highest BCUT2D eigenvalue weighted by Gasteiger charge is 2.20. The van der Waals surface area contributed by atoms with Crippen LogP contribution >= 0.6 is 0 Å². The van der Waals surface area contributed by atoms with Crippen molar-refractivity contribution in [2.24, 2.45) is 0 Å². The van der Waals surface area contributed by atoms with Crippen molar-refractivity contribution in [3.05, 3.63) is 45.0 Å². The van der Waals surface area contributed by atoms with Gasteiger partial charge in [0.15, 0.2) is 11.5 Å². The highest BCUT2D eigenvalue weighted by molar-refractivity contribution is 6.04. The molecule has 0 aliphatic rings. The Balaban J connectivity index is 2.57. The van der Waals surface area contributed by atoms with Crippen LogP contribution in [0.2, 0.25) is 0 Å². The number of hydrogen-bond acceptors (Lipinski definition) is 4. The van der Waals surface area contributed by atoms with E-state index in [-0.39, 0.29) is 11.4 Å². The molecule has 4 nitrogen and oxygen atoms in total. The number of hydrogen-bond donors (Lipinski definition) is 0. The molecule has 108 valence electrons. The van der Waals surface area contributed by atoms with Crippen molar-refractivity contribution in [1.29, 1.82) is 0 Å². The summed E-state index contributed by atoms with van der Waals surface area (Å²) in [4.78, 5) is 23.3. The van der Waals surface area contributed by atoms with Gasteiger partial charge in [0.25, 0.3) is 0 Å². The molecule has 0 saturated heterocycles. The molecule has 0 bridgehead atoms. The summed E-state index contributed by atoms with van der Waals surface area (Å²) in [5.41, 5.74) is 3.30. The monoisotopic (exact) mass is 284 g/mol. The molecular weight excluding hydrogens is 268 g/mol. The van der Waals surface area contributed by atoms with Gasteiger partial charge in [-0.25, -0.2) is 4.79 Å². The van der Waals surface area contributed by atoms with Crippen molar-refractivity contribution in [1.82, 2.24) is 0 Å². The Bertz CT molecular complexity index is 941. The lowest BCUT2D eigenvalue weighted by molar-refractivity contribution is 0.0988. The van der Waals surface area contributed by atoms with E-state index in [1.165, 1.54) is 13.0 Å². The number of furan rings is 1. The quantitative estimate of drug-likeness (QED) is 0.528. The van der Waals surface area contributed by atoms with Crippen molar-refractivity contribution in [3.8, 4) is 0 Å². The summed E-state index contributed by atoms with van der Waals surface area (Å²) in [6.07, 6.45) is 0.711. The summed E-state index contributed by atoms with van der Waals surface area (Å²) in [7, 11) is 0. The van der Waals surface area contributed by atoms with Crippen LogP contribution in [0.15, 0.2) is 25.8 Å². The predicted octanol–water partition coefficient (Wildman–Crippen LogP) is 3.92. The second-order valence-electron chi connectivity index (χ2n) is 5.32. The second-order valence-corrected chi connectivity index (χ2v) is 5.32. The van der Waals surface area contributed by atoms with Crippen LogP contribution in [-0.4, -0.2) is 5.78 Å². The van der Waals surface area contributed by atoms with Crippen molar-refractivity contribution < 1.29 is 13.6 Å². The van der Waals surface area contributed by atoms with Gasteiger partial charge >= 0.3 is 5.63 Å². The van der Waals surface area contributed by atoms with Gasteiger partial charge in [-0.2, -0.15) is 0 Å². The minimum absolute atomic E-state index is 0.0929. The van der Waals surface area contributed by atoms with E-state index in [9.17, 15) is 9.59 Å². The van der Waals surface area contributed by atoms with Crippen molar-refractivity contribution in [3.63, 3.8) is 0 Å². The number of benzene rings is 1. The standard InChI is InChI=1S/C17H16O4/c1-5-11-13-7-12-8(2)6-14(19)20-15(12)9(3)16(13)21-17(11)10(4)18/h6-7H,5H2,1-4H3. The van der Waals surface area contributed by atoms with E-state index in [0.717, 1.165) is 27.5 Å². The Kier molecular flexibility index (Phi) is 2.97. The molecule has 1 aromatic carbocycles. The third-order valence-corrected chi connectivity index (χ3v) is 3.90. The Labute approximate surface area is 121 Å². The fourth-order valence-corrected chi connectivity index (χ4v) is 2.87. The van der Waals surface area contributed by atoms with E-state index in [1.807, 2.05) is 26.8 Å². The zero-order valence-electron chi connectivity index (χ0n) is 12.5. The number of ketones is 1. The first-order valence-electron chi connectivity index (χ1n) is 6.94. The summed E-state index contributed by atoms with van der Waals surface area (Å²) in [6.45, 7) is 7.22. The summed E-state index contributed by atoms with van der Waals surface area (Å²) in [5, 5.41) is 1.80. The summed E-state index contributed by atoms with van der Waals surface area (Å²) in [6, 6.07) is 3.43. The number of fused-ring (bicyclic) bond motifs is 2. The lowest BCUT2D eigenvalue weighted by Crippen LogP contribution is -1.99. The normalized spacial score (nSPS) is 11.4. The summed E-state index contributed by atoms with van der Waals surface area (Å²) >= 11 is 0. The molecule has 0 N–H and O–H groups in total. The molecule has 0 radical (unpaired) electrons. The highest BCUT2D eigenvalue weighted by Crippen LogP contribution is 2.34. The Morgan fingerprint density at radius 1 is 1.10 bits per heavy atom. The largest absolute Gasteiger partial charge is 0.452 e. The number of rotatable bonds is 2. The van der Waals surface area contributed by atoms with Gasteiger partial charge in [0.2, 0.25) is 0 Å². The third-order valence-electron chi connectivity index (χ3n) is 3.90. The maximum absolute atomic E-state index is 11.8.